The van der Waals surface area contributed by atoms with Gasteiger partial charge in [0.05, 0.1) is 6.61 Å². The molecule has 0 aliphatic heterocycles. The molecule has 0 saturated heterocycles. The SMILES string of the molecule is CCOCCNC(=O)c1ccc(COC)o1. The van der Waals surface area contributed by atoms with Crippen LogP contribution < -0.4 is 5.32 Å². The van der Waals surface area contributed by atoms with Crippen LogP contribution in [-0.2, 0) is 16.1 Å². The maximum atomic E-state index is 11.5. The van der Waals surface area contributed by atoms with Gasteiger partial charge in [-0.2, -0.15) is 0 Å². The number of amides is 1. The zero-order valence-corrected chi connectivity index (χ0v) is 9.62. The molecule has 0 unspecified atom stereocenters. The monoisotopic (exact) mass is 227 g/mol. The molecule has 0 aliphatic rings. The van der Waals surface area contributed by atoms with E-state index in [1.807, 2.05) is 6.92 Å². The van der Waals surface area contributed by atoms with Crippen molar-refractivity contribution >= 4 is 5.91 Å². The Bertz CT molecular complexity index is 322. The lowest BCUT2D eigenvalue weighted by Gasteiger charge is -2.02. The first-order chi connectivity index (χ1) is 7.77. The molecule has 1 aromatic heterocycles. The van der Waals surface area contributed by atoms with Gasteiger partial charge in [0.25, 0.3) is 5.91 Å². The summed E-state index contributed by atoms with van der Waals surface area (Å²) in [6, 6.07) is 3.35. The molecule has 5 nitrogen and oxygen atoms in total. The molecule has 0 fully saturated rings. The fourth-order valence-electron chi connectivity index (χ4n) is 1.19. The first kappa shape index (κ1) is 12.7. The fraction of sp³-hybridized carbons (Fsp3) is 0.545. The summed E-state index contributed by atoms with van der Waals surface area (Å²) in [6.07, 6.45) is 0. The largest absolute Gasteiger partial charge is 0.453 e. The number of furan rings is 1. The van der Waals surface area contributed by atoms with E-state index in [0.29, 0.717) is 37.9 Å². The molecular weight excluding hydrogens is 210 g/mol. The molecule has 90 valence electrons. The van der Waals surface area contributed by atoms with Gasteiger partial charge in [-0.25, -0.2) is 0 Å². The van der Waals surface area contributed by atoms with Crippen molar-refractivity contribution in [1.29, 1.82) is 0 Å². The van der Waals surface area contributed by atoms with Crippen molar-refractivity contribution in [3.63, 3.8) is 0 Å². The summed E-state index contributed by atoms with van der Waals surface area (Å²) in [5, 5.41) is 2.69. The Morgan fingerprint density at radius 3 is 3.00 bits per heavy atom. The van der Waals surface area contributed by atoms with E-state index in [1.54, 1.807) is 19.2 Å². The van der Waals surface area contributed by atoms with Crippen LogP contribution in [-0.4, -0.2) is 32.8 Å². The van der Waals surface area contributed by atoms with Crippen LogP contribution in [0, 0.1) is 0 Å². The molecule has 1 heterocycles. The minimum atomic E-state index is -0.234. The smallest absolute Gasteiger partial charge is 0.287 e. The van der Waals surface area contributed by atoms with E-state index < -0.39 is 0 Å². The summed E-state index contributed by atoms with van der Waals surface area (Å²) in [7, 11) is 1.57. The topological polar surface area (TPSA) is 60.7 Å². The summed E-state index contributed by atoms with van der Waals surface area (Å²) in [5.41, 5.74) is 0. The molecule has 1 N–H and O–H groups in total. The van der Waals surface area contributed by atoms with Gasteiger partial charge in [-0.05, 0) is 19.1 Å². The van der Waals surface area contributed by atoms with Crippen molar-refractivity contribution in [2.75, 3.05) is 26.9 Å². The van der Waals surface area contributed by atoms with Gasteiger partial charge < -0.3 is 19.2 Å². The van der Waals surface area contributed by atoms with Crippen molar-refractivity contribution in [3.8, 4) is 0 Å². The van der Waals surface area contributed by atoms with Crippen LogP contribution in [0.1, 0.15) is 23.2 Å². The number of rotatable bonds is 7. The predicted octanol–water partition coefficient (Wildman–Crippen LogP) is 1.19. The summed E-state index contributed by atoms with van der Waals surface area (Å²) >= 11 is 0. The second-order valence-corrected chi connectivity index (χ2v) is 3.15. The van der Waals surface area contributed by atoms with E-state index in [9.17, 15) is 4.79 Å². The normalized spacial score (nSPS) is 10.4. The van der Waals surface area contributed by atoms with Gasteiger partial charge in [0, 0.05) is 20.3 Å². The Kier molecular flexibility index (Phi) is 5.60. The Hall–Kier alpha value is -1.33. The highest BCUT2D eigenvalue weighted by Gasteiger charge is 2.09. The Morgan fingerprint density at radius 2 is 2.31 bits per heavy atom. The number of hydrogen-bond acceptors (Lipinski definition) is 4. The average Bonchev–Trinajstić information content (AvgIpc) is 2.73. The molecule has 16 heavy (non-hydrogen) atoms. The molecule has 0 spiro atoms. The Morgan fingerprint density at radius 1 is 1.50 bits per heavy atom. The molecule has 0 aliphatic carbocycles. The van der Waals surface area contributed by atoms with Crippen molar-refractivity contribution < 1.29 is 18.7 Å². The number of methoxy groups -OCH3 is 1. The highest BCUT2D eigenvalue weighted by atomic mass is 16.5. The second kappa shape index (κ2) is 7.03. The van der Waals surface area contributed by atoms with Gasteiger partial charge in [0.2, 0.25) is 0 Å². The third kappa shape index (κ3) is 4.04. The van der Waals surface area contributed by atoms with Crippen LogP contribution >= 0.6 is 0 Å². The third-order valence-corrected chi connectivity index (χ3v) is 1.91. The van der Waals surface area contributed by atoms with E-state index in [2.05, 4.69) is 5.32 Å². The molecule has 0 aromatic carbocycles. The Balaban J connectivity index is 2.34. The highest BCUT2D eigenvalue weighted by molar-refractivity contribution is 5.91. The van der Waals surface area contributed by atoms with Crippen molar-refractivity contribution in [3.05, 3.63) is 23.7 Å². The maximum Gasteiger partial charge on any atom is 0.287 e. The van der Waals surface area contributed by atoms with Crippen LogP contribution in [0.5, 0.6) is 0 Å². The quantitative estimate of drug-likeness (QED) is 0.711. The first-order valence-corrected chi connectivity index (χ1v) is 5.21. The van der Waals surface area contributed by atoms with Gasteiger partial charge in [-0.15, -0.1) is 0 Å². The number of hydrogen-bond donors (Lipinski definition) is 1. The molecule has 0 atom stereocenters. The average molecular weight is 227 g/mol. The maximum absolute atomic E-state index is 11.5. The minimum absolute atomic E-state index is 0.234. The molecule has 1 amide bonds. The summed E-state index contributed by atoms with van der Waals surface area (Å²) < 4.78 is 15.3. The standard InChI is InChI=1S/C11H17NO4/c1-3-15-7-6-12-11(13)10-5-4-9(16-10)8-14-2/h4-5H,3,6-8H2,1-2H3,(H,12,13). The molecule has 0 bridgehead atoms. The van der Waals surface area contributed by atoms with Crippen LogP contribution in [0.25, 0.3) is 0 Å². The van der Waals surface area contributed by atoms with Gasteiger partial charge in [-0.3, -0.25) is 4.79 Å². The van der Waals surface area contributed by atoms with Crippen LogP contribution in [0.3, 0.4) is 0 Å². The van der Waals surface area contributed by atoms with E-state index in [-0.39, 0.29) is 5.91 Å². The lowest BCUT2D eigenvalue weighted by Crippen LogP contribution is -2.26. The molecule has 0 radical (unpaired) electrons. The molecule has 5 heteroatoms. The van der Waals surface area contributed by atoms with Crippen molar-refractivity contribution in [2.45, 2.75) is 13.5 Å². The van der Waals surface area contributed by atoms with Crippen molar-refractivity contribution in [1.82, 2.24) is 5.32 Å². The first-order valence-electron chi connectivity index (χ1n) is 5.21. The van der Waals surface area contributed by atoms with Gasteiger partial charge in [-0.1, -0.05) is 0 Å². The van der Waals surface area contributed by atoms with Gasteiger partial charge in [0.1, 0.15) is 12.4 Å². The number of ether oxygens (including phenoxy) is 2. The van der Waals surface area contributed by atoms with Crippen LogP contribution in [0.2, 0.25) is 0 Å². The van der Waals surface area contributed by atoms with Gasteiger partial charge in [0.15, 0.2) is 5.76 Å². The van der Waals surface area contributed by atoms with Crippen molar-refractivity contribution in [2.24, 2.45) is 0 Å². The van der Waals surface area contributed by atoms with E-state index in [4.69, 9.17) is 13.9 Å². The summed E-state index contributed by atoms with van der Waals surface area (Å²) in [5.74, 6) is 0.697. The van der Waals surface area contributed by atoms with Crippen LogP contribution in [0.4, 0.5) is 0 Å². The molecule has 1 aromatic rings. The number of carbonyl (C=O) groups is 1. The van der Waals surface area contributed by atoms with E-state index in [1.165, 1.54) is 0 Å². The number of carbonyl (C=O) groups excluding carboxylic acids is 1. The van der Waals surface area contributed by atoms with E-state index in [0.717, 1.165) is 0 Å². The summed E-state index contributed by atoms with van der Waals surface area (Å²) in [4.78, 5) is 11.5. The highest BCUT2D eigenvalue weighted by Crippen LogP contribution is 2.08. The Labute approximate surface area is 94.7 Å². The zero-order valence-electron chi connectivity index (χ0n) is 9.62. The second-order valence-electron chi connectivity index (χ2n) is 3.15. The van der Waals surface area contributed by atoms with Gasteiger partial charge >= 0.3 is 0 Å². The van der Waals surface area contributed by atoms with E-state index >= 15 is 0 Å². The summed E-state index contributed by atoms with van der Waals surface area (Å²) in [6.45, 7) is 3.91. The molecule has 0 saturated carbocycles. The molecule has 1 rings (SSSR count). The lowest BCUT2D eigenvalue weighted by molar-refractivity contribution is 0.0887. The molecular formula is C11H17NO4. The number of nitrogens with one attached hydrogen (secondary N) is 1. The lowest BCUT2D eigenvalue weighted by atomic mass is 10.4. The van der Waals surface area contributed by atoms with Crippen LogP contribution in [0.15, 0.2) is 16.5 Å². The predicted molar refractivity (Wildman–Crippen MR) is 58.2 cm³/mol. The zero-order chi connectivity index (χ0) is 11.8. The minimum Gasteiger partial charge on any atom is -0.453 e. The third-order valence-electron chi connectivity index (χ3n) is 1.91. The fourth-order valence-corrected chi connectivity index (χ4v) is 1.19.